The van der Waals surface area contributed by atoms with E-state index in [4.69, 9.17) is 0 Å². The number of hydrogen-bond donors (Lipinski definition) is 3. The Labute approximate surface area is 120 Å². The summed E-state index contributed by atoms with van der Waals surface area (Å²) in [5.41, 5.74) is 1.62. The Balaban J connectivity index is 1.68. The van der Waals surface area contributed by atoms with Crippen LogP contribution >= 0.6 is 0 Å². The van der Waals surface area contributed by atoms with Crippen molar-refractivity contribution in [2.75, 3.05) is 26.2 Å². The first-order valence-electron chi connectivity index (χ1n) is 7.49. The van der Waals surface area contributed by atoms with Crippen LogP contribution in [0, 0.1) is 6.92 Å². The van der Waals surface area contributed by atoms with Gasteiger partial charge in [-0.2, -0.15) is 0 Å². The zero-order valence-electron chi connectivity index (χ0n) is 12.2. The van der Waals surface area contributed by atoms with E-state index >= 15 is 0 Å². The molecule has 20 heavy (non-hydrogen) atoms. The Bertz CT molecular complexity index is 431. The molecule has 1 atom stereocenters. The number of aliphatic hydroxyl groups is 1. The quantitative estimate of drug-likeness (QED) is 0.687. The summed E-state index contributed by atoms with van der Waals surface area (Å²) in [6.45, 7) is 4.83. The number of amides is 1. The van der Waals surface area contributed by atoms with Crippen molar-refractivity contribution in [2.24, 2.45) is 0 Å². The zero-order valence-corrected chi connectivity index (χ0v) is 12.2. The van der Waals surface area contributed by atoms with Gasteiger partial charge in [0, 0.05) is 31.0 Å². The number of likely N-dealkylation sites (tertiary alicyclic amines) is 1. The van der Waals surface area contributed by atoms with E-state index in [2.05, 4.69) is 15.2 Å². The highest BCUT2D eigenvalue weighted by Crippen LogP contribution is 2.16. The molecule has 0 saturated carbocycles. The minimum atomic E-state index is -0.0129. The third-order valence-electron chi connectivity index (χ3n) is 4.07. The Morgan fingerprint density at radius 2 is 2.40 bits per heavy atom. The van der Waals surface area contributed by atoms with Crippen LogP contribution in [-0.4, -0.2) is 53.2 Å². The maximum atomic E-state index is 11.9. The lowest BCUT2D eigenvalue weighted by molar-refractivity contribution is 0.0868. The minimum absolute atomic E-state index is 0.0129. The SMILES string of the molecule is Cc1[nH]ccc1C(=O)NCCCN1CCCCC1CO. The largest absolute Gasteiger partial charge is 0.395 e. The molecule has 1 aliphatic heterocycles. The number of nitrogens with one attached hydrogen (secondary N) is 2. The second-order valence-electron chi connectivity index (χ2n) is 5.49. The van der Waals surface area contributed by atoms with E-state index in [1.165, 1.54) is 12.8 Å². The van der Waals surface area contributed by atoms with E-state index in [9.17, 15) is 9.90 Å². The number of rotatable bonds is 6. The van der Waals surface area contributed by atoms with Crippen molar-refractivity contribution in [3.05, 3.63) is 23.5 Å². The van der Waals surface area contributed by atoms with Crippen LogP contribution in [0.2, 0.25) is 0 Å². The van der Waals surface area contributed by atoms with Gasteiger partial charge in [-0.3, -0.25) is 9.69 Å². The normalized spacial score (nSPS) is 20.0. The maximum Gasteiger partial charge on any atom is 0.253 e. The molecule has 112 valence electrons. The number of aromatic amines is 1. The van der Waals surface area contributed by atoms with Gasteiger partial charge in [-0.1, -0.05) is 6.42 Å². The number of aromatic nitrogens is 1. The van der Waals surface area contributed by atoms with E-state index in [-0.39, 0.29) is 12.5 Å². The predicted molar refractivity (Wildman–Crippen MR) is 78.8 cm³/mol. The van der Waals surface area contributed by atoms with Gasteiger partial charge in [0.05, 0.1) is 12.2 Å². The molecule has 1 unspecified atom stereocenters. The van der Waals surface area contributed by atoms with Crippen molar-refractivity contribution in [3.8, 4) is 0 Å². The highest BCUT2D eigenvalue weighted by Gasteiger charge is 2.20. The van der Waals surface area contributed by atoms with E-state index < -0.39 is 0 Å². The summed E-state index contributed by atoms with van der Waals surface area (Å²) in [6, 6.07) is 2.11. The van der Waals surface area contributed by atoms with Gasteiger partial charge in [-0.25, -0.2) is 0 Å². The van der Waals surface area contributed by atoms with Crippen LogP contribution in [0.3, 0.4) is 0 Å². The van der Waals surface area contributed by atoms with Crippen LogP contribution in [0.4, 0.5) is 0 Å². The van der Waals surface area contributed by atoms with Crippen molar-refractivity contribution >= 4 is 5.91 Å². The van der Waals surface area contributed by atoms with E-state index in [1.807, 2.05) is 6.92 Å². The predicted octanol–water partition coefficient (Wildman–Crippen LogP) is 1.29. The lowest BCUT2D eigenvalue weighted by Crippen LogP contribution is -2.43. The van der Waals surface area contributed by atoms with E-state index in [0.29, 0.717) is 12.6 Å². The van der Waals surface area contributed by atoms with Gasteiger partial charge < -0.3 is 15.4 Å². The molecule has 5 nitrogen and oxygen atoms in total. The monoisotopic (exact) mass is 279 g/mol. The third-order valence-corrected chi connectivity index (χ3v) is 4.07. The van der Waals surface area contributed by atoms with Crippen LogP contribution in [0.25, 0.3) is 0 Å². The first-order chi connectivity index (χ1) is 9.72. The number of aliphatic hydroxyl groups excluding tert-OH is 1. The number of H-pyrrole nitrogens is 1. The summed E-state index contributed by atoms with van der Waals surface area (Å²) in [7, 11) is 0. The van der Waals surface area contributed by atoms with Gasteiger partial charge in [-0.05, 0) is 38.8 Å². The Hall–Kier alpha value is -1.33. The molecule has 0 bridgehead atoms. The summed E-state index contributed by atoms with van der Waals surface area (Å²) in [5, 5.41) is 12.3. The van der Waals surface area contributed by atoms with Gasteiger partial charge in [0.15, 0.2) is 0 Å². The van der Waals surface area contributed by atoms with E-state index in [0.717, 1.165) is 37.2 Å². The molecule has 0 aromatic carbocycles. The summed E-state index contributed by atoms with van der Waals surface area (Å²) < 4.78 is 0. The second-order valence-corrected chi connectivity index (χ2v) is 5.49. The van der Waals surface area contributed by atoms with Crippen molar-refractivity contribution in [2.45, 2.75) is 38.6 Å². The highest BCUT2D eigenvalue weighted by atomic mass is 16.3. The molecular formula is C15H25N3O2. The average Bonchev–Trinajstić information content (AvgIpc) is 2.90. The van der Waals surface area contributed by atoms with Crippen molar-refractivity contribution in [1.29, 1.82) is 0 Å². The standard InChI is InChI=1S/C15H25N3O2/c1-12-14(6-8-16-12)15(20)17-7-4-10-18-9-3-2-5-13(18)11-19/h6,8,13,16,19H,2-5,7,9-11H2,1H3,(H,17,20). The lowest BCUT2D eigenvalue weighted by atomic mass is 10.0. The molecule has 0 radical (unpaired) electrons. The Morgan fingerprint density at radius 3 is 3.10 bits per heavy atom. The molecule has 1 saturated heterocycles. The molecular weight excluding hydrogens is 254 g/mol. The summed E-state index contributed by atoms with van der Waals surface area (Å²) >= 11 is 0. The fraction of sp³-hybridized carbons (Fsp3) is 0.667. The van der Waals surface area contributed by atoms with Gasteiger partial charge in [0.1, 0.15) is 0 Å². The number of hydrogen-bond acceptors (Lipinski definition) is 3. The molecule has 3 N–H and O–H groups in total. The first-order valence-corrected chi connectivity index (χ1v) is 7.49. The van der Waals surface area contributed by atoms with Gasteiger partial charge in [0.25, 0.3) is 5.91 Å². The Morgan fingerprint density at radius 1 is 1.55 bits per heavy atom. The average molecular weight is 279 g/mol. The summed E-state index contributed by atoms with van der Waals surface area (Å²) in [6.07, 6.45) is 6.22. The van der Waals surface area contributed by atoms with E-state index in [1.54, 1.807) is 12.3 Å². The molecule has 2 heterocycles. The van der Waals surface area contributed by atoms with Crippen molar-refractivity contribution < 1.29 is 9.90 Å². The molecule has 1 aromatic rings. The lowest BCUT2D eigenvalue weighted by Gasteiger charge is -2.34. The molecule has 0 aliphatic carbocycles. The number of carbonyl (C=O) groups excluding carboxylic acids is 1. The van der Waals surface area contributed by atoms with Gasteiger partial charge in [-0.15, -0.1) is 0 Å². The number of carbonyl (C=O) groups is 1. The smallest absolute Gasteiger partial charge is 0.253 e. The minimum Gasteiger partial charge on any atom is -0.395 e. The Kier molecular flexibility index (Phi) is 5.61. The number of nitrogens with zero attached hydrogens (tertiary/aromatic N) is 1. The third kappa shape index (κ3) is 3.84. The molecule has 1 amide bonds. The molecule has 0 spiro atoms. The second kappa shape index (κ2) is 7.45. The molecule has 1 fully saturated rings. The summed E-state index contributed by atoms with van der Waals surface area (Å²) in [5.74, 6) is -0.0129. The van der Waals surface area contributed by atoms with Crippen LogP contribution < -0.4 is 5.32 Å². The topological polar surface area (TPSA) is 68.4 Å². The zero-order chi connectivity index (χ0) is 14.4. The molecule has 5 heteroatoms. The molecule has 2 rings (SSSR count). The maximum absolute atomic E-state index is 11.9. The van der Waals surface area contributed by atoms with Gasteiger partial charge in [0.2, 0.25) is 0 Å². The van der Waals surface area contributed by atoms with Crippen LogP contribution in [0.15, 0.2) is 12.3 Å². The van der Waals surface area contributed by atoms with Crippen molar-refractivity contribution in [1.82, 2.24) is 15.2 Å². The van der Waals surface area contributed by atoms with Crippen LogP contribution in [0.1, 0.15) is 41.7 Å². The number of aryl methyl sites for hydroxylation is 1. The fourth-order valence-corrected chi connectivity index (χ4v) is 2.84. The number of piperidine rings is 1. The highest BCUT2D eigenvalue weighted by molar-refractivity contribution is 5.95. The molecule has 1 aromatic heterocycles. The fourth-order valence-electron chi connectivity index (χ4n) is 2.84. The molecule has 1 aliphatic rings. The van der Waals surface area contributed by atoms with Crippen molar-refractivity contribution in [3.63, 3.8) is 0 Å². The first kappa shape index (κ1) is 15.1. The van der Waals surface area contributed by atoms with Crippen LogP contribution in [-0.2, 0) is 0 Å². The van der Waals surface area contributed by atoms with Crippen LogP contribution in [0.5, 0.6) is 0 Å². The summed E-state index contributed by atoms with van der Waals surface area (Å²) in [4.78, 5) is 17.3. The van der Waals surface area contributed by atoms with Gasteiger partial charge >= 0.3 is 0 Å².